The molecule has 3 heterocycles. The molecule has 0 radical (unpaired) electrons. The van der Waals surface area contributed by atoms with Gasteiger partial charge in [0.15, 0.2) is 11.0 Å². The fraction of sp³-hybridized carbons (Fsp3) is 0.310. The van der Waals surface area contributed by atoms with Crippen LogP contribution in [0.1, 0.15) is 34.1 Å². The van der Waals surface area contributed by atoms with Crippen molar-refractivity contribution in [1.29, 1.82) is 0 Å². The number of thioether (sulfide) groups is 1. The number of hydrogen-bond acceptors (Lipinski definition) is 9. The summed E-state index contributed by atoms with van der Waals surface area (Å²) in [5.74, 6) is 1.55. The van der Waals surface area contributed by atoms with Crippen molar-refractivity contribution in [3.05, 3.63) is 63.7 Å². The summed E-state index contributed by atoms with van der Waals surface area (Å²) in [6.45, 7) is 6.74. The largest absolute Gasteiger partial charge is 0.497 e. The van der Waals surface area contributed by atoms with Gasteiger partial charge in [-0.3, -0.25) is 9.36 Å². The Balaban J connectivity index is 1.33. The van der Waals surface area contributed by atoms with E-state index in [1.54, 1.807) is 18.4 Å². The van der Waals surface area contributed by atoms with Gasteiger partial charge in [0.25, 0.3) is 0 Å². The van der Waals surface area contributed by atoms with E-state index in [0.717, 1.165) is 29.8 Å². The van der Waals surface area contributed by atoms with Crippen LogP contribution in [0.2, 0.25) is 0 Å². The maximum Gasteiger partial charge on any atom is 0.341 e. The van der Waals surface area contributed by atoms with Crippen LogP contribution in [0.25, 0.3) is 22.5 Å². The van der Waals surface area contributed by atoms with Gasteiger partial charge in [0, 0.05) is 33.3 Å². The lowest BCUT2D eigenvalue weighted by Gasteiger charge is -2.19. The van der Waals surface area contributed by atoms with E-state index < -0.39 is 5.97 Å². The molecule has 0 aliphatic heterocycles. The van der Waals surface area contributed by atoms with Crippen molar-refractivity contribution in [3.8, 4) is 28.3 Å². The van der Waals surface area contributed by atoms with Crippen molar-refractivity contribution < 1.29 is 19.1 Å². The number of methoxy groups -OCH3 is 2. The van der Waals surface area contributed by atoms with Gasteiger partial charge in [0.2, 0.25) is 5.91 Å². The van der Waals surface area contributed by atoms with Gasteiger partial charge in [-0.05, 0) is 48.4 Å². The Bertz CT molecular complexity index is 1540. The number of thiophene rings is 2. The summed E-state index contributed by atoms with van der Waals surface area (Å²) in [4.78, 5) is 27.2. The summed E-state index contributed by atoms with van der Waals surface area (Å²) < 4.78 is 12.3. The summed E-state index contributed by atoms with van der Waals surface area (Å²) in [6, 6.07) is 7.38. The number of ether oxygens (including phenoxy) is 2. The zero-order valence-electron chi connectivity index (χ0n) is 22.6. The zero-order valence-corrected chi connectivity index (χ0v) is 25.0. The van der Waals surface area contributed by atoms with Crippen LogP contribution in [0.15, 0.2) is 52.8 Å². The van der Waals surface area contributed by atoms with Crippen LogP contribution in [0.5, 0.6) is 5.75 Å². The van der Waals surface area contributed by atoms with Crippen LogP contribution < -0.4 is 10.1 Å². The molecule has 1 aliphatic carbocycles. The quantitative estimate of drug-likeness (QED) is 0.126. The van der Waals surface area contributed by atoms with Crippen molar-refractivity contribution in [2.45, 2.75) is 37.9 Å². The molecule has 1 atom stereocenters. The van der Waals surface area contributed by atoms with Crippen LogP contribution in [-0.2, 0) is 28.9 Å². The number of anilines is 1. The van der Waals surface area contributed by atoms with E-state index in [0.29, 0.717) is 39.5 Å². The lowest BCUT2D eigenvalue weighted by Crippen LogP contribution is -2.16. The number of allylic oxidation sites excluding steroid dienone is 1. The molecule has 3 aromatic heterocycles. The highest BCUT2D eigenvalue weighted by Crippen LogP contribution is 2.39. The number of amides is 1. The average Bonchev–Trinajstić information content (AvgIpc) is 3.68. The van der Waals surface area contributed by atoms with E-state index in [1.807, 2.05) is 40.3 Å². The second-order valence-electron chi connectivity index (χ2n) is 9.51. The number of aromatic nitrogens is 3. The van der Waals surface area contributed by atoms with E-state index >= 15 is 0 Å². The Kier molecular flexibility index (Phi) is 8.72. The number of rotatable bonds is 10. The Labute approximate surface area is 245 Å². The molecular weight excluding hydrogens is 565 g/mol. The first-order chi connectivity index (χ1) is 19.4. The molecule has 1 aliphatic rings. The second kappa shape index (κ2) is 12.4. The molecule has 0 saturated carbocycles. The molecular formula is C29H30N4O4S3. The summed E-state index contributed by atoms with van der Waals surface area (Å²) in [5.41, 5.74) is 4.33. The number of benzene rings is 1. The molecule has 11 heteroatoms. The minimum atomic E-state index is -0.515. The normalized spacial score (nSPS) is 14.4. The first kappa shape index (κ1) is 28.1. The Morgan fingerprint density at radius 3 is 2.67 bits per heavy atom. The summed E-state index contributed by atoms with van der Waals surface area (Å²) >= 11 is 4.38. The van der Waals surface area contributed by atoms with Gasteiger partial charge in [0.05, 0.1) is 20.0 Å². The predicted molar refractivity (Wildman–Crippen MR) is 162 cm³/mol. The molecule has 0 bridgehead atoms. The van der Waals surface area contributed by atoms with E-state index in [-0.39, 0.29) is 11.7 Å². The number of hydrogen-bond donors (Lipinski definition) is 1. The van der Waals surface area contributed by atoms with Crippen LogP contribution in [0, 0.1) is 5.92 Å². The second-order valence-corrected chi connectivity index (χ2v) is 12.3. The van der Waals surface area contributed by atoms with E-state index in [1.165, 1.54) is 47.1 Å². The van der Waals surface area contributed by atoms with Crippen LogP contribution >= 0.6 is 34.4 Å². The maximum atomic E-state index is 13.0. The lowest BCUT2D eigenvalue weighted by molar-refractivity contribution is -0.113. The molecule has 0 fully saturated rings. The highest BCUT2D eigenvalue weighted by molar-refractivity contribution is 7.99. The standard InChI is InChI=1S/C29H30N4O4S3/c1-5-12-33-26(22-15-38-23-13-17(2)6-11-20(22)23)31-32-29(33)40-16-24(34)30-27-25(28(35)37-4)21(14-39-27)18-7-9-19(36-3)10-8-18/h5,7-10,14-15,17H,1,6,11-13,16H2,2-4H3,(H,30,34). The van der Waals surface area contributed by atoms with Gasteiger partial charge >= 0.3 is 5.97 Å². The fourth-order valence-electron chi connectivity index (χ4n) is 4.78. The van der Waals surface area contributed by atoms with Crippen LogP contribution in [-0.4, -0.2) is 46.6 Å². The molecule has 0 saturated heterocycles. The molecule has 5 rings (SSSR count). The predicted octanol–water partition coefficient (Wildman–Crippen LogP) is 6.57. The first-order valence-corrected chi connectivity index (χ1v) is 15.6. The van der Waals surface area contributed by atoms with Crippen LogP contribution in [0.3, 0.4) is 0 Å². The van der Waals surface area contributed by atoms with Gasteiger partial charge in [-0.15, -0.1) is 39.4 Å². The summed E-state index contributed by atoms with van der Waals surface area (Å²) in [5, 5.41) is 16.9. The zero-order chi connectivity index (χ0) is 28.2. The molecule has 1 aromatic carbocycles. The van der Waals surface area contributed by atoms with Crippen molar-refractivity contribution in [2.75, 3.05) is 25.3 Å². The molecule has 208 valence electrons. The first-order valence-electron chi connectivity index (χ1n) is 12.8. The summed E-state index contributed by atoms with van der Waals surface area (Å²) in [7, 11) is 2.93. The minimum Gasteiger partial charge on any atom is -0.497 e. The number of nitrogens with one attached hydrogen (secondary N) is 1. The van der Waals surface area contributed by atoms with Gasteiger partial charge in [-0.25, -0.2) is 4.79 Å². The van der Waals surface area contributed by atoms with Crippen molar-refractivity contribution in [2.24, 2.45) is 5.92 Å². The SMILES string of the molecule is C=CCn1c(SCC(=O)Nc2scc(-c3ccc(OC)cc3)c2C(=O)OC)nnc1-c1csc2c1CCC(C)C2. The van der Waals surface area contributed by atoms with Gasteiger partial charge < -0.3 is 14.8 Å². The lowest BCUT2D eigenvalue weighted by atomic mass is 9.88. The fourth-order valence-corrected chi connectivity index (χ4v) is 7.75. The van der Waals surface area contributed by atoms with Gasteiger partial charge in [-0.1, -0.05) is 36.9 Å². The Morgan fingerprint density at radius 2 is 1.95 bits per heavy atom. The molecule has 4 aromatic rings. The number of carbonyl (C=O) groups excluding carboxylic acids is 2. The summed E-state index contributed by atoms with van der Waals surface area (Å²) in [6.07, 6.45) is 5.13. The monoisotopic (exact) mass is 594 g/mol. The van der Waals surface area contributed by atoms with Gasteiger partial charge in [0.1, 0.15) is 16.3 Å². The van der Waals surface area contributed by atoms with E-state index in [2.05, 4.69) is 34.4 Å². The smallest absolute Gasteiger partial charge is 0.341 e. The average molecular weight is 595 g/mol. The maximum absolute atomic E-state index is 13.0. The third-order valence-electron chi connectivity index (χ3n) is 6.84. The molecule has 1 amide bonds. The number of fused-ring (bicyclic) bond motifs is 1. The molecule has 1 unspecified atom stereocenters. The van der Waals surface area contributed by atoms with Crippen molar-refractivity contribution in [1.82, 2.24) is 14.8 Å². The minimum absolute atomic E-state index is 0.102. The number of carbonyl (C=O) groups is 2. The van der Waals surface area contributed by atoms with E-state index in [4.69, 9.17) is 9.47 Å². The third-order valence-corrected chi connectivity index (χ3v) is 9.75. The Hall–Kier alpha value is -3.41. The molecule has 40 heavy (non-hydrogen) atoms. The third kappa shape index (κ3) is 5.72. The highest BCUT2D eigenvalue weighted by Gasteiger charge is 2.25. The van der Waals surface area contributed by atoms with Crippen molar-refractivity contribution >= 4 is 51.3 Å². The van der Waals surface area contributed by atoms with Crippen LogP contribution in [0.4, 0.5) is 5.00 Å². The molecule has 1 N–H and O–H groups in total. The highest BCUT2D eigenvalue weighted by atomic mass is 32.2. The number of nitrogens with zero attached hydrogens (tertiary/aromatic N) is 3. The molecule has 8 nitrogen and oxygen atoms in total. The Morgan fingerprint density at radius 1 is 1.18 bits per heavy atom. The van der Waals surface area contributed by atoms with Gasteiger partial charge in [-0.2, -0.15) is 0 Å². The van der Waals surface area contributed by atoms with E-state index in [9.17, 15) is 9.59 Å². The number of esters is 1. The molecule has 0 spiro atoms. The van der Waals surface area contributed by atoms with Crippen molar-refractivity contribution in [3.63, 3.8) is 0 Å². The topological polar surface area (TPSA) is 95.3 Å².